The number of aliphatic hydroxyl groups is 1. The summed E-state index contributed by atoms with van der Waals surface area (Å²) in [5.41, 5.74) is 4.12. The normalized spacial score (nSPS) is 10.6. The molecule has 0 spiro atoms. The first kappa shape index (κ1) is 20.4. The van der Waals surface area contributed by atoms with Gasteiger partial charge in [0.05, 0.1) is 12.2 Å². The minimum atomic E-state index is -0.587. The van der Waals surface area contributed by atoms with Crippen LogP contribution in [-0.2, 0) is 4.74 Å². The first-order valence-electron chi connectivity index (χ1n) is 9.41. The highest BCUT2D eigenvalue weighted by atomic mass is 16.5. The summed E-state index contributed by atoms with van der Waals surface area (Å²) in [5, 5.41) is 11.9. The van der Waals surface area contributed by atoms with E-state index in [4.69, 9.17) is 9.84 Å². The molecule has 6 nitrogen and oxygen atoms in total. The van der Waals surface area contributed by atoms with Gasteiger partial charge in [0.1, 0.15) is 0 Å². The third-order valence-electron chi connectivity index (χ3n) is 4.65. The van der Waals surface area contributed by atoms with Crippen molar-refractivity contribution in [1.82, 2.24) is 4.57 Å². The molecule has 1 heterocycles. The predicted molar refractivity (Wildman–Crippen MR) is 112 cm³/mol. The third kappa shape index (κ3) is 4.55. The average molecular weight is 392 g/mol. The fraction of sp³-hybridized carbons (Fsp3) is 0.217. The maximum atomic E-state index is 12.7. The first-order valence-corrected chi connectivity index (χ1v) is 9.41. The zero-order valence-corrected chi connectivity index (χ0v) is 16.5. The van der Waals surface area contributed by atoms with E-state index in [1.165, 1.54) is 0 Å². The monoisotopic (exact) mass is 392 g/mol. The Balaban J connectivity index is 1.73. The molecular weight excluding hydrogens is 368 g/mol. The highest BCUT2D eigenvalue weighted by Crippen LogP contribution is 2.22. The molecule has 0 fully saturated rings. The molecule has 2 aromatic carbocycles. The number of rotatable bonds is 8. The van der Waals surface area contributed by atoms with E-state index in [0.717, 1.165) is 17.1 Å². The molecule has 3 aromatic rings. The fourth-order valence-corrected chi connectivity index (χ4v) is 3.31. The molecule has 0 aliphatic carbocycles. The van der Waals surface area contributed by atoms with E-state index < -0.39 is 5.97 Å². The van der Waals surface area contributed by atoms with Gasteiger partial charge in [0.2, 0.25) is 5.78 Å². The predicted octanol–water partition coefficient (Wildman–Crippen LogP) is 3.54. The summed E-state index contributed by atoms with van der Waals surface area (Å²) in [4.78, 5) is 25.2. The van der Waals surface area contributed by atoms with Crippen molar-refractivity contribution in [2.75, 3.05) is 25.1 Å². The van der Waals surface area contributed by atoms with Crippen molar-refractivity contribution in [2.24, 2.45) is 0 Å². The topological polar surface area (TPSA) is 80.6 Å². The Morgan fingerprint density at radius 2 is 1.69 bits per heavy atom. The van der Waals surface area contributed by atoms with Gasteiger partial charge in [0.25, 0.3) is 0 Å². The number of carbonyl (C=O) groups is 2. The lowest BCUT2D eigenvalue weighted by atomic mass is 10.1. The Labute approximate surface area is 169 Å². The number of hydrogen-bond acceptors (Lipinski definition) is 5. The Morgan fingerprint density at radius 1 is 1.00 bits per heavy atom. The van der Waals surface area contributed by atoms with Gasteiger partial charge in [0.15, 0.2) is 6.61 Å². The number of Topliss-reactive ketones (excluding diaryl/α,β-unsaturated/α-hetero) is 1. The number of aryl methyl sites for hydroxylation is 1. The van der Waals surface area contributed by atoms with Crippen LogP contribution in [0.5, 0.6) is 0 Å². The van der Waals surface area contributed by atoms with Crippen molar-refractivity contribution in [3.05, 3.63) is 83.2 Å². The zero-order valence-electron chi connectivity index (χ0n) is 16.5. The van der Waals surface area contributed by atoms with Crippen molar-refractivity contribution >= 4 is 17.4 Å². The minimum Gasteiger partial charge on any atom is -0.454 e. The smallest absolute Gasteiger partial charge is 0.340 e. The van der Waals surface area contributed by atoms with E-state index in [1.54, 1.807) is 24.3 Å². The number of benzene rings is 2. The summed E-state index contributed by atoms with van der Waals surface area (Å²) < 4.78 is 7.28. The van der Waals surface area contributed by atoms with E-state index in [0.29, 0.717) is 23.4 Å². The number of nitrogens with one attached hydrogen (secondary N) is 1. The molecule has 2 N–H and O–H groups in total. The first-order chi connectivity index (χ1) is 14.0. The number of ether oxygens (including phenoxy) is 1. The lowest BCUT2D eigenvalue weighted by Crippen LogP contribution is -2.17. The molecule has 0 unspecified atom stereocenters. The van der Waals surface area contributed by atoms with Crippen LogP contribution in [0.3, 0.4) is 0 Å². The van der Waals surface area contributed by atoms with Crippen LogP contribution in [0.15, 0.2) is 60.7 Å². The standard InChI is InChI=1S/C23H24N2O4/c1-16-14-20(17(2)25(16)18-8-4-3-5-9-18)22(27)15-29-23(28)19-10-6-7-11-21(19)24-12-13-26/h3-11,14,24,26H,12-13,15H2,1-2H3. The summed E-state index contributed by atoms with van der Waals surface area (Å²) in [6.45, 7) is 3.73. The van der Waals surface area contributed by atoms with Crippen LogP contribution >= 0.6 is 0 Å². The number of anilines is 1. The number of para-hydroxylation sites is 2. The molecule has 1 aromatic heterocycles. The zero-order chi connectivity index (χ0) is 20.8. The molecule has 0 radical (unpaired) electrons. The second-order valence-electron chi connectivity index (χ2n) is 6.65. The van der Waals surface area contributed by atoms with Gasteiger partial charge in [-0.1, -0.05) is 30.3 Å². The Morgan fingerprint density at radius 3 is 2.41 bits per heavy atom. The van der Waals surface area contributed by atoms with Crippen molar-refractivity contribution in [3.8, 4) is 5.69 Å². The molecule has 6 heteroatoms. The number of ketones is 1. The molecule has 0 saturated carbocycles. The molecule has 0 amide bonds. The number of aliphatic hydroxyl groups excluding tert-OH is 1. The van der Waals surface area contributed by atoms with E-state index in [2.05, 4.69) is 5.32 Å². The SMILES string of the molecule is Cc1cc(C(=O)COC(=O)c2ccccc2NCCO)c(C)n1-c1ccccc1. The van der Waals surface area contributed by atoms with E-state index in [1.807, 2.05) is 54.8 Å². The fourth-order valence-electron chi connectivity index (χ4n) is 3.31. The maximum Gasteiger partial charge on any atom is 0.340 e. The van der Waals surface area contributed by atoms with Crippen molar-refractivity contribution in [3.63, 3.8) is 0 Å². The maximum absolute atomic E-state index is 12.7. The highest BCUT2D eigenvalue weighted by molar-refractivity contribution is 6.01. The number of carbonyl (C=O) groups excluding carboxylic acids is 2. The van der Waals surface area contributed by atoms with E-state index in [9.17, 15) is 9.59 Å². The van der Waals surface area contributed by atoms with Gasteiger partial charge in [-0.05, 0) is 44.2 Å². The molecular formula is C23H24N2O4. The second-order valence-corrected chi connectivity index (χ2v) is 6.65. The summed E-state index contributed by atoms with van der Waals surface area (Å²) in [6.07, 6.45) is 0. The van der Waals surface area contributed by atoms with Gasteiger partial charge in [0, 0.05) is 34.9 Å². The van der Waals surface area contributed by atoms with E-state index in [-0.39, 0.29) is 19.0 Å². The second kappa shape index (κ2) is 9.21. The van der Waals surface area contributed by atoms with Gasteiger partial charge >= 0.3 is 5.97 Å². The quantitative estimate of drug-likeness (QED) is 0.453. The van der Waals surface area contributed by atoms with Gasteiger partial charge < -0.3 is 19.7 Å². The van der Waals surface area contributed by atoms with Gasteiger partial charge in [-0.25, -0.2) is 4.79 Å². The lowest BCUT2D eigenvalue weighted by Gasteiger charge is -2.11. The summed E-state index contributed by atoms with van der Waals surface area (Å²) in [6, 6.07) is 18.4. The molecule has 0 saturated heterocycles. The molecule has 3 rings (SSSR count). The lowest BCUT2D eigenvalue weighted by molar-refractivity contribution is 0.0475. The van der Waals surface area contributed by atoms with Crippen LogP contribution < -0.4 is 5.32 Å². The summed E-state index contributed by atoms with van der Waals surface area (Å²) in [5.74, 6) is -0.842. The largest absolute Gasteiger partial charge is 0.454 e. The van der Waals surface area contributed by atoms with Crippen molar-refractivity contribution < 1.29 is 19.4 Å². The molecule has 150 valence electrons. The van der Waals surface area contributed by atoms with Crippen molar-refractivity contribution in [1.29, 1.82) is 0 Å². The summed E-state index contributed by atoms with van der Waals surface area (Å²) >= 11 is 0. The summed E-state index contributed by atoms with van der Waals surface area (Å²) in [7, 11) is 0. The van der Waals surface area contributed by atoms with Crippen LogP contribution in [0.1, 0.15) is 32.1 Å². The van der Waals surface area contributed by atoms with Crippen LogP contribution in [0.25, 0.3) is 5.69 Å². The van der Waals surface area contributed by atoms with Gasteiger partial charge in [-0.3, -0.25) is 4.79 Å². The van der Waals surface area contributed by atoms with Crippen LogP contribution in [0, 0.1) is 13.8 Å². The van der Waals surface area contributed by atoms with Gasteiger partial charge in [-0.2, -0.15) is 0 Å². The van der Waals surface area contributed by atoms with Gasteiger partial charge in [-0.15, -0.1) is 0 Å². The molecule has 0 atom stereocenters. The molecule has 0 aliphatic heterocycles. The van der Waals surface area contributed by atoms with Crippen molar-refractivity contribution in [2.45, 2.75) is 13.8 Å². The number of aromatic nitrogens is 1. The minimum absolute atomic E-state index is 0.0566. The Hall–Kier alpha value is -3.38. The number of esters is 1. The molecule has 0 bridgehead atoms. The number of hydrogen-bond donors (Lipinski definition) is 2. The third-order valence-corrected chi connectivity index (χ3v) is 4.65. The highest BCUT2D eigenvalue weighted by Gasteiger charge is 2.19. The Bertz CT molecular complexity index is 1010. The molecule has 0 aliphatic rings. The number of nitrogens with zero attached hydrogens (tertiary/aromatic N) is 1. The van der Waals surface area contributed by atoms with Crippen LogP contribution in [-0.4, -0.2) is 41.2 Å². The Kier molecular flexibility index (Phi) is 6.46. The molecule has 29 heavy (non-hydrogen) atoms. The van der Waals surface area contributed by atoms with E-state index >= 15 is 0 Å². The van der Waals surface area contributed by atoms with Crippen LogP contribution in [0.4, 0.5) is 5.69 Å². The average Bonchev–Trinajstić information content (AvgIpc) is 3.05. The van der Waals surface area contributed by atoms with Crippen LogP contribution in [0.2, 0.25) is 0 Å².